The number of benzene rings is 1. The highest BCUT2D eigenvalue weighted by Crippen LogP contribution is 2.25. The van der Waals surface area contributed by atoms with Crippen LogP contribution in [0.1, 0.15) is 47.8 Å². The third kappa shape index (κ3) is 4.05. The summed E-state index contributed by atoms with van der Waals surface area (Å²) in [6.45, 7) is 7.72. The fourth-order valence-corrected chi connectivity index (χ4v) is 4.09. The van der Waals surface area contributed by atoms with Crippen molar-refractivity contribution in [2.45, 2.75) is 45.7 Å². The van der Waals surface area contributed by atoms with Gasteiger partial charge in [0, 0.05) is 24.5 Å². The van der Waals surface area contributed by atoms with Crippen LogP contribution in [-0.4, -0.2) is 24.5 Å². The van der Waals surface area contributed by atoms with Gasteiger partial charge in [-0.15, -0.1) is 0 Å². The smallest absolute Gasteiger partial charge is 0.336 e. The Hall–Kier alpha value is -2.37. The Morgan fingerprint density at radius 3 is 2.64 bits per heavy atom. The Balaban J connectivity index is 1.53. The molecule has 0 spiro atoms. The normalized spacial score (nSPS) is 16.5. The standard InChI is InChI=1S/C23H28N2O3/c1-16-11-19-18(13-23(26)28-22(19)12-17(16)2)14-24-15-20(21-7-6-10-27-21)25-8-4-3-5-9-25/h6-7,10-13,20,24H,3-5,8-9,14-15H2,1-2H3/t20-/m1/s1. The third-order valence-electron chi connectivity index (χ3n) is 5.80. The molecule has 1 fully saturated rings. The van der Waals surface area contributed by atoms with Crippen LogP contribution in [0.3, 0.4) is 0 Å². The predicted octanol–water partition coefficient (Wildman–Crippen LogP) is 4.32. The molecule has 1 aromatic carbocycles. The van der Waals surface area contributed by atoms with Gasteiger partial charge in [-0.3, -0.25) is 4.90 Å². The zero-order chi connectivity index (χ0) is 19.5. The molecular formula is C23H28N2O3. The number of piperidine rings is 1. The number of rotatable bonds is 6. The van der Waals surface area contributed by atoms with Crippen molar-refractivity contribution in [3.8, 4) is 0 Å². The van der Waals surface area contributed by atoms with Crippen molar-refractivity contribution in [1.29, 1.82) is 0 Å². The summed E-state index contributed by atoms with van der Waals surface area (Å²) in [6, 6.07) is 9.89. The van der Waals surface area contributed by atoms with E-state index in [1.807, 2.05) is 19.1 Å². The average Bonchev–Trinajstić information content (AvgIpc) is 3.21. The molecule has 0 aliphatic carbocycles. The van der Waals surface area contributed by atoms with Gasteiger partial charge in [0.15, 0.2) is 0 Å². The first-order valence-electron chi connectivity index (χ1n) is 10.1. The lowest BCUT2D eigenvalue weighted by molar-refractivity contribution is 0.142. The predicted molar refractivity (Wildman–Crippen MR) is 111 cm³/mol. The molecule has 28 heavy (non-hydrogen) atoms. The van der Waals surface area contributed by atoms with Crippen molar-refractivity contribution in [2.75, 3.05) is 19.6 Å². The first kappa shape index (κ1) is 19.0. The van der Waals surface area contributed by atoms with Gasteiger partial charge < -0.3 is 14.2 Å². The van der Waals surface area contributed by atoms with Gasteiger partial charge >= 0.3 is 5.63 Å². The second-order valence-corrected chi connectivity index (χ2v) is 7.78. The van der Waals surface area contributed by atoms with Crippen molar-refractivity contribution in [3.05, 3.63) is 69.5 Å². The molecule has 3 heterocycles. The van der Waals surface area contributed by atoms with E-state index in [2.05, 4.69) is 29.3 Å². The summed E-state index contributed by atoms with van der Waals surface area (Å²) >= 11 is 0. The lowest BCUT2D eigenvalue weighted by Gasteiger charge is -2.33. The van der Waals surface area contributed by atoms with Crippen LogP contribution in [0.25, 0.3) is 11.0 Å². The summed E-state index contributed by atoms with van der Waals surface area (Å²) in [5.41, 5.74) is 3.66. The maximum Gasteiger partial charge on any atom is 0.336 e. The van der Waals surface area contributed by atoms with E-state index in [9.17, 15) is 4.79 Å². The van der Waals surface area contributed by atoms with E-state index in [1.54, 1.807) is 12.3 Å². The van der Waals surface area contributed by atoms with Gasteiger partial charge in [-0.2, -0.15) is 0 Å². The van der Waals surface area contributed by atoms with Crippen LogP contribution in [0.2, 0.25) is 0 Å². The molecule has 0 saturated carbocycles. The molecule has 5 nitrogen and oxygen atoms in total. The molecule has 148 valence electrons. The molecule has 0 unspecified atom stereocenters. The minimum atomic E-state index is -0.300. The van der Waals surface area contributed by atoms with Gasteiger partial charge in [-0.05, 0) is 80.7 Å². The van der Waals surface area contributed by atoms with Gasteiger partial charge in [0.2, 0.25) is 0 Å². The molecule has 0 radical (unpaired) electrons. The van der Waals surface area contributed by atoms with Crippen LogP contribution in [0.15, 0.2) is 50.2 Å². The second-order valence-electron chi connectivity index (χ2n) is 7.78. The Bertz CT molecular complexity index is 985. The summed E-state index contributed by atoms with van der Waals surface area (Å²) in [5, 5.41) is 4.56. The summed E-state index contributed by atoms with van der Waals surface area (Å²) in [6.07, 6.45) is 5.52. The first-order valence-corrected chi connectivity index (χ1v) is 10.1. The highest BCUT2D eigenvalue weighted by molar-refractivity contribution is 5.81. The highest BCUT2D eigenvalue weighted by atomic mass is 16.4. The van der Waals surface area contributed by atoms with Crippen LogP contribution in [0.5, 0.6) is 0 Å². The lowest BCUT2D eigenvalue weighted by Crippen LogP contribution is -2.38. The van der Waals surface area contributed by atoms with Crippen LogP contribution >= 0.6 is 0 Å². The van der Waals surface area contributed by atoms with E-state index in [1.165, 1.54) is 24.8 Å². The van der Waals surface area contributed by atoms with E-state index < -0.39 is 0 Å². The average molecular weight is 380 g/mol. The molecule has 0 bridgehead atoms. The van der Waals surface area contributed by atoms with E-state index in [4.69, 9.17) is 8.83 Å². The number of nitrogens with zero attached hydrogens (tertiary/aromatic N) is 1. The summed E-state index contributed by atoms with van der Waals surface area (Å²) < 4.78 is 11.1. The lowest BCUT2D eigenvalue weighted by atomic mass is 10.0. The highest BCUT2D eigenvalue weighted by Gasteiger charge is 2.24. The molecule has 5 heteroatoms. The molecule has 1 N–H and O–H groups in total. The van der Waals surface area contributed by atoms with Crippen molar-refractivity contribution in [3.63, 3.8) is 0 Å². The maximum atomic E-state index is 12.0. The van der Waals surface area contributed by atoms with E-state index >= 15 is 0 Å². The van der Waals surface area contributed by atoms with E-state index in [0.29, 0.717) is 12.1 Å². The minimum absolute atomic E-state index is 0.214. The molecule has 4 rings (SSSR count). The molecule has 1 aliphatic rings. The number of nitrogens with one attached hydrogen (secondary N) is 1. The Kier molecular flexibility index (Phi) is 5.64. The SMILES string of the molecule is Cc1cc2oc(=O)cc(CNC[C@H](c3ccco3)N3CCCCC3)c2cc1C. The molecular weight excluding hydrogens is 352 g/mol. The van der Waals surface area contributed by atoms with Crippen LogP contribution in [0, 0.1) is 13.8 Å². The monoisotopic (exact) mass is 380 g/mol. The van der Waals surface area contributed by atoms with Crippen LogP contribution < -0.4 is 10.9 Å². The molecule has 2 aromatic heterocycles. The van der Waals surface area contributed by atoms with E-state index in [-0.39, 0.29) is 11.7 Å². The number of furan rings is 1. The molecule has 0 amide bonds. The van der Waals surface area contributed by atoms with Gasteiger partial charge in [-0.25, -0.2) is 4.79 Å². The largest absolute Gasteiger partial charge is 0.468 e. The first-order chi connectivity index (χ1) is 13.6. The van der Waals surface area contributed by atoms with Gasteiger partial charge in [0.1, 0.15) is 11.3 Å². The van der Waals surface area contributed by atoms with Gasteiger partial charge in [0.25, 0.3) is 0 Å². The summed E-state index contributed by atoms with van der Waals surface area (Å²) in [7, 11) is 0. The quantitative estimate of drug-likeness (QED) is 0.646. The van der Waals surface area contributed by atoms with Crippen molar-refractivity contribution in [2.24, 2.45) is 0 Å². The second kappa shape index (κ2) is 8.33. The zero-order valence-electron chi connectivity index (χ0n) is 16.7. The Morgan fingerprint density at radius 1 is 1.11 bits per heavy atom. The minimum Gasteiger partial charge on any atom is -0.468 e. The maximum absolute atomic E-state index is 12.0. The molecule has 3 aromatic rings. The Morgan fingerprint density at radius 2 is 1.89 bits per heavy atom. The number of aryl methyl sites for hydroxylation is 2. The Labute approximate surface area is 165 Å². The van der Waals surface area contributed by atoms with Gasteiger partial charge in [-0.1, -0.05) is 6.42 Å². The van der Waals surface area contributed by atoms with Crippen molar-refractivity contribution < 1.29 is 8.83 Å². The third-order valence-corrected chi connectivity index (χ3v) is 5.80. The number of likely N-dealkylation sites (tertiary alicyclic amines) is 1. The summed E-state index contributed by atoms with van der Waals surface area (Å²) in [5.74, 6) is 0.998. The molecule has 1 atom stereocenters. The fourth-order valence-electron chi connectivity index (χ4n) is 4.09. The fraction of sp³-hybridized carbons (Fsp3) is 0.435. The van der Waals surface area contributed by atoms with Crippen molar-refractivity contribution in [1.82, 2.24) is 10.2 Å². The molecule has 1 saturated heterocycles. The molecule has 1 aliphatic heterocycles. The van der Waals surface area contributed by atoms with Crippen LogP contribution in [0.4, 0.5) is 0 Å². The number of fused-ring (bicyclic) bond motifs is 1. The number of hydrogen-bond donors (Lipinski definition) is 1. The van der Waals surface area contributed by atoms with Gasteiger partial charge in [0.05, 0.1) is 12.3 Å². The zero-order valence-corrected chi connectivity index (χ0v) is 16.7. The van der Waals surface area contributed by atoms with Crippen molar-refractivity contribution >= 4 is 11.0 Å². The topological polar surface area (TPSA) is 58.6 Å². The summed E-state index contributed by atoms with van der Waals surface area (Å²) in [4.78, 5) is 14.5. The van der Waals surface area contributed by atoms with Crippen LogP contribution in [-0.2, 0) is 6.54 Å². The van der Waals surface area contributed by atoms with E-state index in [0.717, 1.165) is 41.9 Å². The number of hydrogen-bond acceptors (Lipinski definition) is 5.